The van der Waals surface area contributed by atoms with Gasteiger partial charge < -0.3 is 10.6 Å². The van der Waals surface area contributed by atoms with Gasteiger partial charge in [0.05, 0.1) is 8.66 Å². The molecule has 96 valence electrons. The molecule has 0 saturated carbocycles. The van der Waals surface area contributed by atoms with Gasteiger partial charge in [0, 0.05) is 19.1 Å². The lowest BCUT2D eigenvalue weighted by molar-refractivity contribution is 0.0628. The van der Waals surface area contributed by atoms with Crippen LogP contribution in [0.5, 0.6) is 0 Å². The van der Waals surface area contributed by atoms with Crippen LogP contribution >= 0.6 is 39.7 Å². The van der Waals surface area contributed by atoms with Crippen molar-refractivity contribution in [2.24, 2.45) is 5.73 Å². The van der Waals surface area contributed by atoms with Crippen molar-refractivity contribution in [1.29, 1.82) is 0 Å². The fraction of sp³-hybridized carbons (Fsp3) is 0.545. The van der Waals surface area contributed by atoms with Gasteiger partial charge in [-0.15, -0.1) is 23.7 Å². The minimum atomic E-state index is 0. The summed E-state index contributed by atoms with van der Waals surface area (Å²) in [5.41, 5.74) is 5.71. The Morgan fingerprint density at radius 1 is 1.53 bits per heavy atom. The molecule has 17 heavy (non-hydrogen) atoms. The van der Waals surface area contributed by atoms with Crippen LogP contribution in [0.4, 0.5) is 0 Å². The maximum atomic E-state index is 12.2. The molecule has 1 saturated heterocycles. The fourth-order valence-electron chi connectivity index (χ4n) is 2.08. The molecule has 1 fully saturated rings. The minimum Gasteiger partial charge on any atom is -0.334 e. The van der Waals surface area contributed by atoms with Crippen LogP contribution in [-0.2, 0) is 0 Å². The van der Waals surface area contributed by atoms with Crippen molar-refractivity contribution in [2.75, 3.05) is 13.1 Å². The van der Waals surface area contributed by atoms with E-state index in [1.54, 1.807) is 0 Å². The van der Waals surface area contributed by atoms with Crippen LogP contribution in [0.2, 0.25) is 0 Å². The summed E-state index contributed by atoms with van der Waals surface area (Å²) in [6.07, 6.45) is 3.31. The average Bonchev–Trinajstić information content (AvgIpc) is 2.75. The average molecular weight is 340 g/mol. The predicted octanol–water partition coefficient (Wildman–Crippen LogP) is 2.89. The third-order valence-electron chi connectivity index (χ3n) is 2.94. The van der Waals surface area contributed by atoms with E-state index in [2.05, 4.69) is 15.9 Å². The van der Waals surface area contributed by atoms with Crippen LogP contribution in [0.15, 0.2) is 15.9 Å². The summed E-state index contributed by atoms with van der Waals surface area (Å²) in [7, 11) is 0. The molecule has 1 amide bonds. The Kier molecular flexibility index (Phi) is 5.92. The number of carbonyl (C=O) groups excluding carboxylic acids is 1. The van der Waals surface area contributed by atoms with Crippen LogP contribution in [0.3, 0.4) is 0 Å². The molecule has 1 aromatic rings. The van der Waals surface area contributed by atoms with Crippen LogP contribution in [0, 0.1) is 0 Å². The number of hydrogen-bond acceptors (Lipinski definition) is 3. The molecule has 0 spiro atoms. The topological polar surface area (TPSA) is 46.3 Å². The van der Waals surface area contributed by atoms with Crippen molar-refractivity contribution in [3.63, 3.8) is 0 Å². The molecule has 1 aromatic heterocycles. The molecular formula is C11H16BrClN2OS. The standard InChI is InChI=1S/C11H15BrN2OS.ClH/c12-10-5-4-9(16-10)11(15)14-6-2-1-3-8(14)7-13;/h4-5,8H,1-3,6-7,13H2;1H. The molecular weight excluding hydrogens is 324 g/mol. The van der Waals surface area contributed by atoms with E-state index in [1.165, 1.54) is 17.8 Å². The largest absolute Gasteiger partial charge is 0.334 e. The molecule has 0 aromatic carbocycles. The van der Waals surface area contributed by atoms with Crippen LogP contribution in [0.1, 0.15) is 28.9 Å². The highest BCUT2D eigenvalue weighted by Gasteiger charge is 2.27. The molecule has 1 aliphatic heterocycles. The highest BCUT2D eigenvalue weighted by atomic mass is 79.9. The van der Waals surface area contributed by atoms with E-state index in [1.807, 2.05) is 17.0 Å². The quantitative estimate of drug-likeness (QED) is 0.900. The molecule has 0 aliphatic carbocycles. The van der Waals surface area contributed by atoms with Gasteiger partial charge in [-0.2, -0.15) is 0 Å². The Morgan fingerprint density at radius 3 is 2.88 bits per heavy atom. The molecule has 1 unspecified atom stereocenters. The fourth-order valence-corrected chi connectivity index (χ4v) is 3.43. The normalized spacial score (nSPS) is 19.9. The SMILES string of the molecule is Cl.NCC1CCCCN1C(=O)c1ccc(Br)s1. The van der Waals surface area contributed by atoms with Gasteiger partial charge in [-0.3, -0.25) is 4.79 Å². The third-order valence-corrected chi connectivity index (χ3v) is 4.56. The Hall–Kier alpha value is -0.100. The molecule has 1 atom stereocenters. The first-order chi connectivity index (χ1) is 7.72. The van der Waals surface area contributed by atoms with Gasteiger partial charge in [-0.05, 0) is 47.3 Å². The minimum absolute atomic E-state index is 0. The number of likely N-dealkylation sites (tertiary alicyclic amines) is 1. The Labute approximate surface area is 120 Å². The smallest absolute Gasteiger partial charge is 0.264 e. The lowest BCUT2D eigenvalue weighted by Crippen LogP contribution is -2.47. The first-order valence-electron chi connectivity index (χ1n) is 5.48. The molecule has 0 bridgehead atoms. The summed E-state index contributed by atoms with van der Waals surface area (Å²) >= 11 is 4.87. The van der Waals surface area contributed by atoms with Crippen molar-refractivity contribution in [1.82, 2.24) is 4.90 Å². The highest BCUT2D eigenvalue weighted by molar-refractivity contribution is 9.11. The molecule has 1 aliphatic rings. The summed E-state index contributed by atoms with van der Waals surface area (Å²) in [6, 6.07) is 4.01. The summed E-state index contributed by atoms with van der Waals surface area (Å²) in [5.74, 6) is 0.130. The van der Waals surface area contributed by atoms with E-state index >= 15 is 0 Å². The lowest BCUT2D eigenvalue weighted by Gasteiger charge is -2.34. The van der Waals surface area contributed by atoms with E-state index in [0.717, 1.165) is 28.0 Å². The number of nitrogens with zero attached hydrogens (tertiary/aromatic N) is 1. The van der Waals surface area contributed by atoms with Gasteiger partial charge in [-0.1, -0.05) is 0 Å². The second kappa shape index (κ2) is 6.73. The summed E-state index contributed by atoms with van der Waals surface area (Å²) in [5, 5.41) is 0. The van der Waals surface area contributed by atoms with Crippen molar-refractivity contribution in [3.8, 4) is 0 Å². The maximum absolute atomic E-state index is 12.2. The van der Waals surface area contributed by atoms with Gasteiger partial charge in [0.2, 0.25) is 0 Å². The summed E-state index contributed by atoms with van der Waals surface area (Å²) in [6.45, 7) is 1.41. The van der Waals surface area contributed by atoms with Gasteiger partial charge in [0.25, 0.3) is 5.91 Å². The second-order valence-corrected chi connectivity index (χ2v) is 6.45. The van der Waals surface area contributed by atoms with Crippen molar-refractivity contribution >= 4 is 45.6 Å². The molecule has 2 heterocycles. The predicted molar refractivity (Wildman–Crippen MR) is 77.0 cm³/mol. The first-order valence-corrected chi connectivity index (χ1v) is 7.09. The monoisotopic (exact) mass is 338 g/mol. The zero-order valence-corrected chi connectivity index (χ0v) is 12.6. The van der Waals surface area contributed by atoms with E-state index < -0.39 is 0 Å². The van der Waals surface area contributed by atoms with Gasteiger partial charge in [0.1, 0.15) is 0 Å². The molecule has 0 radical (unpaired) electrons. The number of hydrogen-bond donors (Lipinski definition) is 1. The van der Waals surface area contributed by atoms with E-state index in [9.17, 15) is 4.79 Å². The second-order valence-electron chi connectivity index (χ2n) is 3.99. The van der Waals surface area contributed by atoms with Gasteiger partial charge >= 0.3 is 0 Å². The number of carbonyl (C=O) groups is 1. The summed E-state index contributed by atoms with van der Waals surface area (Å²) < 4.78 is 0.997. The Balaban J connectivity index is 0.00000144. The number of piperidine rings is 1. The molecule has 3 nitrogen and oxygen atoms in total. The molecule has 2 N–H and O–H groups in total. The number of amides is 1. The van der Waals surface area contributed by atoms with E-state index in [0.29, 0.717) is 6.54 Å². The number of halogens is 2. The zero-order chi connectivity index (χ0) is 11.5. The maximum Gasteiger partial charge on any atom is 0.264 e. The lowest BCUT2D eigenvalue weighted by atomic mass is 10.0. The van der Waals surface area contributed by atoms with Crippen LogP contribution in [-0.4, -0.2) is 29.9 Å². The number of thiophene rings is 1. The Morgan fingerprint density at radius 2 is 2.29 bits per heavy atom. The number of rotatable bonds is 2. The third kappa shape index (κ3) is 3.44. The van der Waals surface area contributed by atoms with Gasteiger partial charge in [-0.25, -0.2) is 0 Å². The van der Waals surface area contributed by atoms with Gasteiger partial charge in [0.15, 0.2) is 0 Å². The van der Waals surface area contributed by atoms with Crippen molar-refractivity contribution < 1.29 is 4.79 Å². The highest BCUT2D eigenvalue weighted by Crippen LogP contribution is 2.26. The van der Waals surface area contributed by atoms with E-state index in [4.69, 9.17) is 5.73 Å². The van der Waals surface area contributed by atoms with Crippen molar-refractivity contribution in [3.05, 3.63) is 20.8 Å². The van der Waals surface area contributed by atoms with Crippen LogP contribution in [0.25, 0.3) is 0 Å². The summed E-state index contributed by atoms with van der Waals surface area (Å²) in [4.78, 5) is 15.0. The molecule has 2 rings (SSSR count). The van der Waals surface area contributed by atoms with Crippen LogP contribution < -0.4 is 5.73 Å². The van der Waals surface area contributed by atoms with E-state index in [-0.39, 0.29) is 24.4 Å². The Bertz CT molecular complexity index is 385. The molecule has 6 heteroatoms. The number of nitrogens with two attached hydrogens (primary N) is 1. The zero-order valence-electron chi connectivity index (χ0n) is 9.39. The first kappa shape index (κ1) is 15.0. The van der Waals surface area contributed by atoms with Crippen molar-refractivity contribution in [2.45, 2.75) is 25.3 Å².